The summed E-state index contributed by atoms with van der Waals surface area (Å²) in [5.41, 5.74) is 3.74. The van der Waals surface area contributed by atoms with E-state index >= 15 is 0 Å². The summed E-state index contributed by atoms with van der Waals surface area (Å²) in [4.78, 5) is 22.7. The summed E-state index contributed by atoms with van der Waals surface area (Å²) in [6.45, 7) is 4.18. The van der Waals surface area contributed by atoms with Crippen molar-refractivity contribution in [2.45, 2.75) is 26.3 Å². The summed E-state index contributed by atoms with van der Waals surface area (Å²) in [6, 6.07) is 8.02. The lowest BCUT2D eigenvalue weighted by Crippen LogP contribution is -2.28. The van der Waals surface area contributed by atoms with E-state index < -0.39 is 0 Å². The van der Waals surface area contributed by atoms with Crippen molar-refractivity contribution in [3.63, 3.8) is 0 Å². The van der Waals surface area contributed by atoms with Crippen LogP contribution in [-0.2, 0) is 11.3 Å². The third-order valence-corrected chi connectivity index (χ3v) is 3.58. The second-order valence-corrected chi connectivity index (χ2v) is 5.57. The second kappa shape index (κ2) is 7.02. The first-order chi connectivity index (χ1) is 10.5. The molecule has 5 heteroatoms. The zero-order valence-electron chi connectivity index (χ0n) is 13.5. The normalized spacial score (nSPS) is 11.8. The van der Waals surface area contributed by atoms with Crippen LogP contribution in [0.2, 0.25) is 0 Å². The number of nitrogens with zero attached hydrogens (tertiary/aromatic N) is 3. The molecule has 2 aromatic rings. The number of hydrogen-bond donors (Lipinski definition) is 1. The molecule has 0 aliphatic carbocycles. The molecular formula is C17H22N4O. The molecule has 0 saturated carbocycles. The number of carbonyl (C=O) groups is 1. The maximum atomic E-state index is 12.2. The van der Waals surface area contributed by atoms with Gasteiger partial charge in [-0.25, -0.2) is 0 Å². The van der Waals surface area contributed by atoms with Crippen LogP contribution in [0.1, 0.15) is 29.8 Å². The van der Waals surface area contributed by atoms with Crippen LogP contribution in [0.25, 0.3) is 0 Å². The fraction of sp³-hybridized carbons (Fsp3) is 0.353. The van der Waals surface area contributed by atoms with E-state index in [4.69, 9.17) is 0 Å². The summed E-state index contributed by atoms with van der Waals surface area (Å²) in [5.74, 6) is -0.213. The van der Waals surface area contributed by atoms with Crippen LogP contribution in [0.15, 0.2) is 36.7 Å². The lowest BCUT2D eigenvalue weighted by Gasteiger charge is -2.15. The molecule has 0 bridgehead atoms. The van der Waals surface area contributed by atoms with Gasteiger partial charge in [0.2, 0.25) is 5.91 Å². The van der Waals surface area contributed by atoms with E-state index in [0.717, 1.165) is 22.6 Å². The molecule has 1 amide bonds. The first-order valence-corrected chi connectivity index (χ1v) is 7.30. The number of nitrogens with one attached hydrogen (secondary N) is 1. The van der Waals surface area contributed by atoms with E-state index in [-0.39, 0.29) is 11.8 Å². The summed E-state index contributed by atoms with van der Waals surface area (Å²) in [6.07, 6.45) is 3.39. The third kappa shape index (κ3) is 4.04. The number of hydrogen-bond acceptors (Lipinski definition) is 4. The SMILES string of the molecule is Cc1cnc(CNC(=O)C(C)c2ccc(N(C)C)cc2)cn1. The summed E-state index contributed by atoms with van der Waals surface area (Å²) >= 11 is 0. The monoisotopic (exact) mass is 298 g/mol. The van der Waals surface area contributed by atoms with E-state index in [2.05, 4.69) is 15.3 Å². The zero-order chi connectivity index (χ0) is 16.1. The predicted molar refractivity (Wildman–Crippen MR) is 87.8 cm³/mol. The number of carbonyl (C=O) groups excluding carboxylic acids is 1. The first kappa shape index (κ1) is 15.9. The molecule has 1 unspecified atom stereocenters. The van der Waals surface area contributed by atoms with Gasteiger partial charge in [0.05, 0.1) is 30.0 Å². The Balaban J connectivity index is 1.95. The predicted octanol–water partition coefficient (Wildman–Crippen LogP) is 2.27. The van der Waals surface area contributed by atoms with Gasteiger partial charge >= 0.3 is 0 Å². The topological polar surface area (TPSA) is 58.1 Å². The molecule has 0 aliphatic heterocycles. The Morgan fingerprint density at radius 1 is 1.18 bits per heavy atom. The molecule has 1 heterocycles. The van der Waals surface area contributed by atoms with Crippen LogP contribution >= 0.6 is 0 Å². The molecule has 1 aromatic carbocycles. The van der Waals surface area contributed by atoms with Crippen molar-refractivity contribution in [3.05, 3.63) is 53.6 Å². The van der Waals surface area contributed by atoms with Gasteiger partial charge < -0.3 is 10.2 Å². The highest BCUT2D eigenvalue weighted by Gasteiger charge is 2.15. The Hall–Kier alpha value is -2.43. The van der Waals surface area contributed by atoms with Crippen molar-refractivity contribution in [2.75, 3.05) is 19.0 Å². The summed E-state index contributed by atoms with van der Waals surface area (Å²) in [5, 5.41) is 2.90. The van der Waals surface area contributed by atoms with Gasteiger partial charge in [0, 0.05) is 26.0 Å². The number of aryl methyl sites for hydroxylation is 1. The number of aromatic nitrogens is 2. The van der Waals surface area contributed by atoms with Gasteiger partial charge in [0.15, 0.2) is 0 Å². The summed E-state index contributed by atoms with van der Waals surface area (Å²) < 4.78 is 0. The molecule has 116 valence electrons. The number of rotatable bonds is 5. The van der Waals surface area contributed by atoms with E-state index in [1.165, 1.54) is 0 Å². The van der Waals surface area contributed by atoms with Crippen LogP contribution in [0.5, 0.6) is 0 Å². The maximum absolute atomic E-state index is 12.2. The Labute approximate surface area is 131 Å². The minimum Gasteiger partial charge on any atom is -0.378 e. The van der Waals surface area contributed by atoms with Crippen LogP contribution in [0.3, 0.4) is 0 Å². The van der Waals surface area contributed by atoms with Gasteiger partial charge in [-0.05, 0) is 31.5 Å². The van der Waals surface area contributed by atoms with Gasteiger partial charge in [-0.15, -0.1) is 0 Å². The second-order valence-electron chi connectivity index (χ2n) is 5.57. The molecule has 1 aromatic heterocycles. The Bertz CT molecular complexity index is 620. The van der Waals surface area contributed by atoms with Gasteiger partial charge in [-0.1, -0.05) is 12.1 Å². The smallest absolute Gasteiger partial charge is 0.227 e. The molecule has 0 spiro atoms. The highest BCUT2D eigenvalue weighted by Crippen LogP contribution is 2.19. The van der Waals surface area contributed by atoms with E-state index in [1.54, 1.807) is 12.4 Å². The number of amides is 1. The summed E-state index contributed by atoms with van der Waals surface area (Å²) in [7, 11) is 3.99. The molecule has 22 heavy (non-hydrogen) atoms. The minimum atomic E-state index is -0.199. The standard InChI is InChI=1S/C17H22N4O/c1-12-9-19-15(10-18-12)11-20-17(22)13(2)14-5-7-16(8-6-14)21(3)4/h5-10,13H,11H2,1-4H3,(H,20,22). The van der Waals surface area contributed by atoms with E-state index in [1.807, 2.05) is 57.1 Å². The molecule has 1 N–H and O–H groups in total. The molecule has 1 atom stereocenters. The Kier molecular flexibility index (Phi) is 5.09. The van der Waals surface area contributed by atoms with E-state index in [9.17, 15) is 4.79 Å². The molecule has 0 fully saturated rings. The Morgan fingerprint density at radius 3 is 2.41 bits per heavy atom. The van der Waals surface area contributed by atoms with Gasteiger partial charge in [0.1, 0.15) is 0 Å². The van der Waals surface area contributed by atoms with Gasteiger partial charge in [-0.2, -0.15) is 0 Å². The van der Waals surface area contributed by atoms with E-state index in [0.29, 0.717) is 6.54 Å². The molecule has 0 radical (unpaired) electrons. The van der Waals surface area contributed by atoms with Gasteiger partial charge in [0.25, 0.3) is 0 Å². The van der Waals surface area contributed by atoms with Crippen LogP contribution in [-0.4, -0.2) is 30.0 Å². The maximum Gasteiger partial charge on any atom is 0.227 e. The molecule has 5 nitrogen and oxygen atoms in total. The lowest BCUT2D eigenvalue weighted by molar-refractivity contribution is -0.122. The molecule has 0 saturated heterocycles. The highest BCUT2D eigenvalue weighted by atomic mass is 16.1. The van der Waals surface area contributed by atoms with Crippen LogP contribution < -0.4 is 10.2 Å². The van der Waals surface area contributed by atoms with Crippen molar-refractivity contribution in [1.29, 1.82) is 0 Å². The van der Waals surface area contributed by atoms with Crippen LogP contribution in [0.4, 0.5) is 5.69 Å². The highest BCUT2D eigenvalue weighted by molar-refractivity contribution is 5.83. The molecule has 2 rings (SSSR count). The van der Waals surface area contributed by atoms with Crippen LogP contribution in [0, 0.1) is 6.92 Å². The zero-order valence-corrected chi connectivity index (χ0v) is 13.5. The fourth-order valence-electron chi connectivity index (χ4n) is 2.05. The van der Waals surface area contributed by atoms with Crippen molar-refractivity contribution in [1.82, 2.24) is 15.3 Å². The molecular weight excluding hydrogens is 276 g/mol. The van der Waals surface area contributed by atoms with Crippen molar-refractivity contribution < 1.29 is 4.79 Å². The Morgan fingerprint density at radius 2 is 1.86 bits per heavy atom. The fourth-order valence-corrected chi connectivity index (χ4v) is 2.05. The lowest BCUT2D eigenvalue weighted by atomic mass is 10.00. The largest absolute Gasteiger partial charge is 0.378 e. The van der Waals surface area contributed by atoms with Gasteiger partial charge in [-0.3, -0.25) is 14.8 Å². The average molecular weight is 298 g/mol. The average Bonchev–Trinajstić information content (AvgIpc) is 2.53. The molecule has 0 aliphatic rings. The number of anilines is 1. The number of benzene rings is 1. The van der Waals surface area contributed by atoms with Crippen molar-refractivity contribution in [3.8, 4) is 0 Å². The van der Waals surface area contributed by atoms with Crippen molar-refractivity contribution >= 4 is 11.6 Å². The first-order valence-electron chi connectivity index (χ1n) is 7.30. The minimum absolute atomic E-state index is 0.0139. The third-order valence-electron chi connectivity index (χ3n) is 3.58. The van der Waals surface area contributed by atoms with Crippen molar-refractivity contribution in [2.24, 2.45) is 0 Å². The quantitative estimate of drug-likeness (QED) is 0.920.